The van der Waals surface area contributed by atoms with Crippen LogP contribution in [0.1, 0.15) is 48.2 Å². The van der Waals surface area contributed by atoms with E-state index in [0.717, 1.165) is 12.2 Å². The minimum Gasteiger partial charge on any atom is -0.397 e. The highest BCUT2D eigenvalue weighted by Crippen LogP contribution is 2.44. The molecule has 5 heteroatoms. The number of nitrogens with one attached hydrogen (secondary N) is 1. The van der Waals surface area contributed by atoms with Gasteiger partial charge in [-0.1, -0.05) is 0 Å². The molecule has 1 saturated heterocycles. The fourth-order valence-electron chi connectivity index (χ4n) is 3.58. The van der Waals surface area contributed by atoms with Crippen molar-refractivity contribution in [3.05, 3.63) is 23.5 Å². The van der Waals surface area contributed by atoms with Gasteiger partial charge in [-0.05, 0) is 51.6 Å². The van der Waals surface area contributed by atoms with Crippen molar-refractivity contribution in [1.82, 2.24) is 15.2 Å². The van der Waals surface area contributed by atoms with Crippen LogP contribution in [0.4, 0.5) is 5.69 Å². The molecular weight excluding hydrogens is 264 g/mol. The molecule has 1 aliphatic heterocycles. The number of anilines is 1. The Kier molecular flexibility index (Phi) is 3.85. The molecule has 0 radical (unpaired) electrons. The summed E-state index contributed by atoms with van der Waals surface area (Å²) < 4.78 is 0. The van der Waals surface area contributed by atoms with E-state index >= 15 is 0 Å². The molecule has 3 N–H and O–H groups in total. The van der Waals surface area contributed by atoms with Gasteiger partial charge < -0.3 is 11.1 Å². The van der Waals surface area contributed by atoms with E-state index < -0.39 is 0 Å². The monoisotopic (exact) mass is 288 g/mol. The fraction of sp³-hybridized carbons (Fsp3) is 0.625. The number of nitrogens with two attached hydrogens (primary N) is 1. The molecule has 3 rings (SSSR count). The zero-order valence-electron chi connectivity index (χ0n) is 12.7. The first kappa shape index (κ1) is 14.3. The van der Waals surface area contributed by atoms with Crippen LogP contribution in [0.2, 0.25) is 0 Å². The van der Waals surface area contributed by atoms with Gasteiger partial charge in [0.1, 0.15) is 0 Å². The summed E-state index contributed by atoms with van der Waals surface area (Å²) in [6.07, 6.45) is 8.24. The van der Waals surface area contributed by atoms with E-state index in [1.165, 1.54) is 38.6 Å². The van der Waals surface area contributed by atoms with Crippen molar-refractivity contribution in [2.45, 2.75) is 44.6 Å². The van der Waals surface area contributed by atoms with Crippen LogP contribution >= 0.6 is 0 Å². The number of carbonyl (C=O) groups is 1. The molecule has 1 aromatic heterocycles. The highest BCUT2D eigenvalue weighted by atomic mass is 16.1. The quantitative estimate of drug-likeness (QED) is 0.885. The molecular formula is C16H24N4O. The van der Waals surface area contributed by atoms with E-state index in [4.69, 9.17) is 5.73 Å². The number of hydrogen-bond acceptors (Lipinski definition) is 4. The Morgan fingerprint density at radius 1 is 1.43 bits per heavy atom. The molecule has 0 bridgehead atoms. The van der Waals surface area contributed by atoms with Gasteiger partial charge in [0.2, 0.25) is 0 Å². The first-order chi connectivity index (χ1) is 10.1. The molecule has 1 amide bonds. The Balaban J connectivity index is 1.51. The van der Waals surface area contributed by atoms with Crippen LogP contribution in [-0.4, -0.2) is 41.0 Å². The number of nitrogen functional groups attached to an aromatic ring is 1. The Bertz CT molecular complexity index is 539. The zero-order chi connectivity index (χ0) is 14.9. The normalized spacial score (nSPS) is 20.4. The fourth-order valence-corrected chi connectivity index (χ4v) is 3.58. The Hall–Kier alpha value is -1.62. The second kappa shape index (κ2) is 5.64. The lowest BCUT2D eigenvalue weighted by Crippen LogP contribution is -2.51. The van der Waals surface area contributed by atoms with E-state index in [1.807, 2.05) is 6.92 Å². The Morgan fingerprint density at radius 2 is 2.19 bits per heavy atom. The first-order valence-corrected chi connectivity index (χ1v) is 7.86. The van der Waals surface area contributed by atoms with Gasteiger partial charge in [0.25, 0.3) is 5.91 Å². The molecule has 0 aromatic carbocycles. The van der Waals surface area contributed by atoms with Crippen molar-refractivity contribution in [2.75, 3.05) is 25.4 Å². The van der Waals surface area contributed by atoms with Crippen LogP contribution in [0.25, 0.3) is 0 Å². The molecule has 5 nitrogen and oxygen atoms in total. The molecule has 2 fully saturated rings. The Morgan fingerprint density at radius 3 is 2.86 bits per heavy atom. The number of carbonyl (C=O) groups excluding carboxylic acids is 1. The summed E-state index contributed by atoms with van der Waals surface area (Å²) in [5.74, 6) is -0.0870. The standard InChI is InChI=1S/C16H24N4O/c1-12-14(17)10-13(11-19-12)15(21)18-7-9-20-8-3-6-16(20)4-2-5-16/h10-11H,2-9,17H2,1H3,(H,18,21). The summed E-state index contributed by atoms with van der Waals surface area (Å²) in [5.41, 5.74) is 8.13. The second-order valence-electron chi connectivity index (χ2n) is 6.32. The van der Waals surface area contributed by atoms with Gasteiger partial charge in [-0.2, -0.15) is 0 Å². The van der Waals surface area contributed by atoms with Gasteiger partial charge in [0, 0.05) is 24.8 Å². The van der Waals surface area contributed by atoms with E-state index in [0.29, 0.717) is 23.3 Å². The lowest BCUT2D eigenvalue weighted by atomic mass is 9.75. The average Bonchev–Trinajstić information content (AvgIpc) is 2.85. The predicted molar refractivity (Wildman–Crippen MR) is 83.1 cm³/mol. The van der Waals surface area contributed by atoms with Crippen LogP contribution in [0.5, 0.6) is 0 Å². The van der Waals surface area contributed by atoms with Crippen molar-refractivity contribution in [3.63, 3.8) is 0 Å². The molecule has 1 spiro atoms. The molecule has 21 heavy (non-hydrogen) atoms. The van der Waals surface area contributed by atoms with Crippen LogP contribution in [-0.2, 0) is 0 Å². The summed E-state index contributed by atoms with van der Waals surface area (Å²) in [5, 5.41) is 2.98. The number of likely N-dealkylation sites (tertiary alicyclic amines) is 1. The van der Waals surface area contributed by atoms with E-state index in [-0.39, 0.29) is 5.91 Å². The van der Waals surface area contributed by atoms with E-state index in [9.17, 15) is 4.79 Å². The summed E-state index contributed by atoms with van der Waals surface area (Å²) in [6, 6.07) is 1.70. The highest BCUT2D eigenvalue weighted by Gasteiger charge is 2.44. The van der Waals surface area contributed by atoms with Crippen molar-refractivity contribution >= 4 is 11.6 Å². The molecule has 2 heterocycles. The van der Waals surface area contributed by atoms with Gasteiger partial charge in [-0.25, -0.2) is 0 Å². The third-order valence-electron chi connectivity index (χ3n) is 5.08. The van der Waals surface area contributed by atoms with Crippen LogP contribution < -0.4 is 11.1 Å². The SMILES string of the molecule is Cc1ncc(C(=O)NCCN2CCCC23CCC3)cc1N. The molecule has 2 aliphatic rings. The second-order valence-corrected chi connectivity index (χ2v) is 6.32. The molecule has 0 atom stereocenters. The smallest absolute Gasteiger partial charge is 0.252 e. The number of aryl methyl sites for hydroxylation is 1. The Labute approximate surface area is 125 Å². The van der Waals surface area contributed by atoms with Gasteiger partial charge in [0.05, 0.1) is 16.9 Å². The van der Waals surface area contributed by atoms with Crippen molar-refractivity contribution in [3.8, 4) is 0 Å². The van der Waals surface area contributed by atoms with Gasteiger partial charge in [-0.3, -0.25) is 14.7 Å². The van der Waals surface area contributed by atoms with Crippen LogP contribution in [0.15, 0.2) is 12.3 Å². The van der Waals surface area contributed by atoms with Crippen LogP contribution in [0, 0.1) is 6.92 Å². The third-order valence-corrected chi connectivity index (χ3v) is 5.08. The van der Waals surface area contributed by atoms with Gasteiger partial charge >= 0.3 is 0 Å². The maximum Gasteiger partial charge on any atom is 0.252 e. The summed E-state index contributed by atoms with van der Waals surface area (Å²) in [7, 11) is 0. The maximum absolute atomic E-state index is 12.1. The first-order valence-electron chi connectivity index (χ1n) is 7.86. The molecule has 0 unspecified atom stereocenters. The lowest BCUT2D eigenvalue weighted by Gasteiger charge is -2.46. The molecule has 1 saturated carbocycles. The molecule has 1 aliphatic carbocycles. The lowest BCUT2D eigenvalue weighted by molar-refractivity contribution is 0.0561. The number of nitrogens with zero attached hydrogens (tertiary/aromatic N) is 2. The maximum atomic E-state index is 12.1. The molecule has 114 valence electrons. The number of rotatable bonds is 4. The minimum absolute atomic E-state index is 0.0870. The summed E-state index contributed by atoms with van der Waals surface area (Å²) >= 11 is 0. The topological polar surface area (TPSA) is 71.2 Å². The van der Waals surface area contributed by atoms with Crippen molar-refractivity contribution < 1.29 is 4.79 Å². The van der Waals surface area contributed by atoms with Gasteiger partial charge in [0.15, 0.2) is 0 Å². The highest BCUT2D eigenvalue weighted by molar-refractivity contribution is 5.94. The van der Waals surface area contributed by atoms with Crippen molar-refractivity contribution in [2.24, 2.45) is 0 Å². The largest absolute Gasteiger partial charge is 0.397 e. The number of hydrogen-bond donors (Lipinski definition) is 2. The van der Waals surface area contributed by atoms with Gasteiger partial charge in [-0.15, -0.1) is 0 Å². The zero-order valence-corrected chi connectivity index (χ0v) is 12.7. The summed E-state index contributed by atoms with van der Waals surface area (Å²) in [6.45, 7) is 4.65. The van der Waals surface area contributed by atoms with E-state index in [1.54, 1.807) is 12.3 Å². The van der Waals surface area contributed by atoms with E-state index in [2.05, 4.69) is 15.2 Å². The number of aromatic nitrogens is 1. The predicted octanol–water partition coefficient (Wildman–Crippen LogP) is 1.72. The number of amides is 1. The van der Waals surface area contributed by atoms with Crippen LogP contribution in [0.3, 0.4) is 0 Å². The average molecular weight is 288 g/mol. The summed E-state index contributed by atoms with van der Waals surface area (Å²) in [4.78, 5) is 18.8. The minimum atomic E-state index is -0.0870. The molecule has 1 aromatic rings. The number of pyridine rings is 1. The third kappa shape index (κ3) is 2.75. The van der Waals surface area contributed by atoms with Crippen molar-refractivity contribution in [1.29, 1.82) is 0 Å².